The lowest BCUT2D eigenvalue weighted by atomic mass is 10.3. The van der Waals surface area contributed by atoms with E-state index in [1.807, 2.05) is 0 Å². The first-order valence-corrected chi connectivity index (χ1v) is 4.70. The minimum atomic E-state index is 0. The summed E-state index contributed by atoms with van der Waals surface area (Å²) >= 11 is 0. The lowest BCUT2D eigenvalue weighted by molar-refractivity contribution is 0.418. The summed E-state index contributed by atoms with van der Waals surface area (Å²) in [4.78, 5) is 4.67. The molecule has 0 spiro atoms. The number of hydrogen-bond acceptors (Lipinski definition) is 2. The zero-order valence-corrected chi connectivity index (χ0v) is 8.16. The number of likely N-dealkylation sites (tertiary alicyclic amines) is 1. The Kier molecular flexibility index (Phi) is 3.37. The van der Waals surface area contributed by atoms with Gasteiger partial charge >= 0.3 is 0 Å². The van der Waals surface area contributed by atoms with E-state index in [-0.39, 0.29) is 5.48 Å². The van der Waals surface area contributed by atoms with Gasteiger partial charge in [-0.2, -0.15) is 0 Å². The normalized spacial score (nSPS) is 21.5. The van der Waals surface area contributed by atoms with Crippen molar-refractivity contribution in [1.29, 1.82) is 0 Å². The van der Waals surface area contributed by atoms with Gasteiger partial charge in [0.25, 0.3) is 0 Å². The topological polar surface area (TPSA) is 38.0 Å². The average molecular weight is 182 g/mol. The molecule has 0 aromatic carbocycles. The van der Waals surface area contributed by atoms with E-state index >= 15 is 0 Å². The summed E-state index contributed by atoms with van der Waals surface area (Å²) in [5, 5.41) is 0. The van der Waals surface area contributed by atoms with Gasteiger partial charge in [0, 0.05) is 38.6 Å². The molecule has 0 atom stereocenters. The maximum atomic E-state index is 2.48. The van der Waals surface area contributed by atoms with E-state index in [1.54, 1.807) is 0 Å². The molecular formula is C10H18N2O. The van der Waals surface area contributed by atoms with Crippen LogP contribution in [-0.2, 0) is 0 Å². The third kappa shape index (κ3) is 2.25. The van der Waals surface area contributed by atoms with Crippen molar-refractivity contribution >= 4 is 0 Å². The van der Waals surface area contributed by atoms with Crippen LogP contribution in [0.4, 0.5) is 0 Å². The average Bonchev–Trinajstić information content (AvgIpc) is 2.58. The molecule has 2 aliphatic heterocycles. The first-order valence-electron chi connectivity index (χ1n) is 4.70. The summed E-state index contributed by atoms with van der Waals surface area (Å²) in [6.07, 6.45) is 9.41. The zero-order valence-electron chi connectivity index (χ0n) is 8.16. The van der Waals surface area contributed by atoms with Crippen LogP contribution in [0.1, 0.15) is 12.8 Å². The number of hydrogen-bond donors (Lipinski definition) is 0. The van der Waals surface area contributed by atoms with E-state index in [9.17, 15) is 0 Å². The second-order valence-electron chi connectivity index (χ2n) is 3.58. The van der Waals surface area contributed by atoms with Crippen LogP contribution in [0.2, 0.25) is 0 Å². The number of allylic oxidation sites excluding steroid dienone is 1. The Bertz CT molecular complexity index is 217. The monoisotopic (exact) mass is 182 g/mol. The molecule has 3 heteroatoms. The molecule has 2 rings (SSSR count). The first-order chi connectivity index (χ1) is 5.86. The van der Waals surface area contributed by atoms with Crippen LogP contribution in [0.3, 0.4) is 0 Å². The SMILES string of the molecule is CN1C=CC(N2CCCC2)=CC1.O. The van der Waals surface area contributed by atoms with Crippen molar-refractivity contribution in [2.75, 3.05) is 26.7 Å². The van der Waals surface area contributed by atoms with Gasteiger partial charge < -0.3 is 15.3 Å². The highest BCUT2D eigenvalue weighted by molar-refractivity contribution is 5.21. The summed E-state index contributed by atoms with van der Waals surface area (Å²) < 4.78 is 0. The molecule has 1 fully saturated rings. The molecule has 0 amide bonds. The molecule has 2 N–H and O–H groups in total. The number of nitrogens with zero attached hydrogens (tertiary/aromatic N) is 2. The van der Waals surface area contributed by atoms with Crippen LogP contribution in [0.15, 0.2) is 24.0 Å². The van der Waals surface area contributed by atoms with Crippen molar-refractivity contribution in [3.05, 3.63) is 24.0 Å². The van der Waals surface area contributed by atoms with E-state index in [0.717, 1.165) is 6.54 Å². The lowest BCUT2D eigenvalue weighted by Crippen LogP contribution is -2.22. The lowest BCUT2D eigenvalue weighted by Gasteiger charge is -2.24. The molecular weight excluding hydrogens is 164 g/mol. The number of rotatable bonds is 1. The van der Waals surface area contributed by atoms with Gasteiger partial charge in [0.15, 0.2) is 0 Å². The zero-order chi connectivity index (χ0) is 8.39. The van der Waals surface area contributed by atoms with Crippen LogP contribution in [0, 0.1) is 0 Å². The Balaban J connectivity index is 0.000000845. The first kappa shape index (κ1) is 10.1. The highest BCUT2D eigenvalue weighted by Crippen LogP contribution is 2.17. The molecule has 13 heavy (non-hydrogen) atoms. The predicted molar refractivity (Wildman–Crippen MR) is 54.3 cm³/mol. The fourth-order valence-corrected chi connectivity index (χ4v) is 1.78. The summed E-state index contributed by atoms with van der Waals surface area (Å²) in [7, 11) is 2.10. The fraction of sp³-hybridized carbons (Fsp3) is 0.600. The van der Waals surface area contributed by atoms with E-state index in [1.165, 1.54) is 31.6 Å². The maximum absolute atomic E-state index is 2.48. The van der Waals surface area contributed by atoms with Crippen molar-refractivity contribution in [2.45, 2.75) is 12.8 Å². The van der Waals surface area contributed by atoms with Gasteiger partial charge in [-0.3, -0.25) is 0 Å². The van der Waals surface area contributed by atoms with E-state index in [0.29, 0.717) is 0 Å². The third-order valence-electron chi connectivity index (χ3n) is 2.56. The number of likely N-dealkylation sites (N-methyl/N-ethyl adjacent to an activating group) is 1. The van der Waals surface area contributed by atoms with Gasteiger partial charge in [-0.05, 0) is 25.0 Å². The van der Waals surface area contributed by atoms with Gasteiger partial charge in [0.2, 0.25) is 0 Å². The predicted octanol–water partition coefficient (Wildman–Crippen LogP) is 0.601. The highest BCUT2D eigenvalue weighted by atomic mass is 16.0. The second kappa shape index (κ2) is 4.33. The van der Waals surface area contributed by atoms with Crippen molar-refractivity contribution in [3.8, 4) is 0 Å². The van der Waals surface area contributed by atoms with Crippen LogP contribution in [-0.4, -0.2) is 42.0 Å². The highest BCUT2D eigenvalue weighted by Gasteiger charge is 2.13. The molecule has 0 unspecified atom stereocenters. The summed E-state index contributed by atoms with van der Waals surface area (Å²) in [5.41, 5.74) is 1.42. The minimum absolute atomic E-state index is 0. The van der Waals surface area contributed by atoms with Crippen LogP contribution in [0.25, 0.3) is 0 Å². The summed E-state index contributed by atoms with van der Waals surface area (Å²) in [6, 6.07) is 0. The van der Waals surface area contributed by atoms with Crippen molar-refractivity contribution in [2.24, 2.45) is 0 Å². The van der Waals surface area contributed by atoms with E-state index in [2.05, 4.69) is 35.2 Å². The molecule has 74 valence electrons. The smallest absolute Gasteiger partial charge is 0.0373 e. The van der Waals surface area contributed by atoms with Crippen molar-refractivity contribution in [1.82, 2.24) is 9.80 Å². The van der Waals surface area contributed by atoms with Crippen molar-refractivity contribution < 1.29 is 5.48 Å². The Morgan fingerprint density at radius 2 is 1.92 bits per heavy atom. The standard InChI is InChI=1S/C10H16N2.H2O/c1-11-8-4-10(5-9-11)12-6-2-3-7-12;/h4-5,8H,2-3,6-7,9H2,1H3;1H2. The Labute approximate surface area is 79.6 Å². The quantitative estimate of drug-likeness (QED) is 0.595. The molecule has 0 aromatic heterocycles. The van der Waals surface area contributed by atoms with Gasteiger partial charge in [0.1, 0.15) is 0 Å². The summed E-state index contributed by atoms with van der Waals surface area (Å²) in [5.74, 6) is 0. The molecule has 1 saturated heterocycles. The van der Waals surface area contributed by atoms with Gasteiger partial charge in [-0.15, -0.1) is 0 Å². The summed E-state index contributed by atoms with van der Waals surface area (Å²) in [6.45, 7) is 3.56. The molecule has 0 saturated carbocycles. The van der Waals surface area contributed by atoms with Gasteiger partial charge in [0.05, 0.1) is 0 Å². The second-order valence-corrected chi connectivity index (χ2v) is 3.58. The third-order valence-corrected chi connectivity index (χ3v) is 2.56. The molecule has 2 aliphatic rings. The molecule has 0 radical (unpaired) electrons. The Hall–Kier alpha value is -0.960. The van der Waals surface area contributed by atoms with E-state index < -0.39 is 0 Å². The van der Waals surface area contributed by atoms with Crippen molar-refractivity contribution in [3.63, 3.8) is 0 Å². The Morgan fingerprint density at radius 1 is 1.23 bits per heavy atom. The largest absolute Gasteiger partial charge is 0.412 e. The fourth-order valence-electron chi connectivity index (χ4n) is 1.78. The Morgan fingerprint density at radius 3 is 2.46 bits per heavy atom. The molecule has 0 aromatic rings. The molecule has 2 heterocycles. The molecule has 0 bridgehead atoms. The molecule has 0 aliphatic carbocycles. The van der Waals surface area contributed by atoms with Gasteiger partial charge in [-0.25, -0.2) is 0 Å². The van der Waals surface area contributed by atoms with Crippen LogP contribution in [0.5, 0.6) is 0 Å². The maximum Gasteiger partial charge on any atom is 0.0373 e. The van der Waals surface area contributed by atoms with Gasteiger partial charge in [-0.1, -0.05) is 0 Å². The van der Waals surface area contributed by atoms with Crippen LogP contribution >= 0.6 is 0 Å². The minimum Gasteiger partial charge on any atom is -0.412 e. The molecule has 3 nitrogen and oxygen atoms in total. The van der Waals surface area contributed by atoms with E-state index in [4.69, 9.17) is 0 Å². The van der Waals surface area contributed by atoms with Crippen LogP contribution < -0.4 is 0 Å².